The van der Waals surface area contributed by atoms with Crippen LogP contribution in [0.15, 0.2) is 36.4 Å². The third-order valence-corrected chi connectivity index (χ3v) is 4.07. The third kappa shape index (κ3) is 2.82. The molecule has 2 aromatic rings. The Bertz CT molecular complexity index is 694. The zero-order valence-electron chi connectivity index (χ0n) is 12.1. The van der Waals surface area contributed by atoms with Crippen LogP contribution in [-0.4, -0.2) is 5.91 Å². The van der Waals surface area contributed by atoms with Gasteiger partial charge in [-0.15, -0.1) is 0 Å². The number of carbonyl (C=O) groups is 1. The first-order valence-corrected chi connectivity index (χ1v) is 7.33. The minimum Gasteiger partial charge on any atom is -0.322 e. The van der Waals surface area contributed by atoms with Gasteiger partial charge in [0.25, 0.3) is 5.91 Å². The maximum absolute atomic E-state index is 13.6. The van der Waals surface area contributed by atoms with Gasteiger partial charge in [0.15, 0.2) is 0 Å². The molecular formula is C18H18FNO. The van der Waals surface area contributed by atoms with Gasteiger partial charge < -0.3 is 5.32 Å². The van der Waals surface area contributed by atoms with E-state index < -0.39 is 0 Å². The van der Waals surface area contributed by atoms with Crippen LogP contribution in [0.25, 0.3) is 0 Å². The molecule has 0 spiro atoms. The van der Waals surface area contributed by atoms with Crippen molar-refractivity contribution in [2.75, 3.05) is 5.32 Å². The Morgan fingerprint density at radius 2 is 1.95 bits per heavy atom. The quantitative estimate of drug-likeness (QED) is 0.876. The van der Waals surface area contributed by atoms with Crippen molar-refractivity contribution in [1.82, 2.24) is 0 Å². The molecule has 2 aromatic carbocycles. The number of nitrogens with one attached hydrogen (secondary N) is 1. The molecular weight excluding hydrogens is 265 g/mol. The van der Waals surface area contributed by atoms with Crippen LogP contribution in [-0.2, 0) is 12.8 Å². The fourth-order valence-corrected chi connectivity index (χ4v) is 2.86. The van der Waals surface area contributed by atoms with E-state index in [-0.39, 0.29) is 11.7 Å². The molecule has 0 saturated carbocycles. The lowest BCUT2D eigenvalue weighted by molar-refractivity contribution is 0.102. The number of halogens is 1. The standard InChI is InChI=1S/C18H18FNO/c1-12-9-10-14(11-17(12)19)20-18(21)16-8-4-6-13-5-2-3-7-15(13)16/h4,6,8-11H,2-3,5,7H2,1H3,(H,20,21). The summed E-state index contributed by atoms with van der Waals surface area (Å²) in [5.41, 5.74) is 4.20. The second-order valence-electron chi connectivity index (χ2n) is 5.57. The Hall–Kier alpha value is -2.16. The summed E-state index contributed by atoms with van der Waals surface area (Å²) in [6.45, 7) is 1.70. The average Bonchev–Trinajstić information content (AvgIpc) is 2.50. The van der Waals surface area contributed by atoms with E-state index in [2.05, 4.69) is 11.4 Å². The summed E-state index contributed by atoms with van der Waals surface area (Å²) in [5.74, 6) is -0.458. The van der Waals surface area contributed by atoms with E-state index in [0.717, 1.165) is 24.8 Å². The lowest BCUT2D eigenvalue weighted by Crippen LogP contribution is -2.17. The van der Waals surface area contributed by atoms with Crippen molar-refractivity contribution in [2.24, 2.45) is 0 Å². The molecule has 0 heterocycles. The Morgan fingerprint density at radius 1 is 1.14 bits per heavy atom. The van der Waals surface area contributed by atoms with Gasteiger partial charge >= 0.3 is 0 Å². The lowest BCUT2D eigenvalue weighted by Gasteiger charge is -2.19. The van der Waals surface area contributed by atoms with Crippen LogP contribution in [0.1, 0.15) is 39.9 Å². The minimum absolute atomic E-state index is 0.156. The van der Waals surface area contributed by atoms with Crippen molar-refractivity contribution in [3.8, 4) is 0 Å². The van der Waals surface area contributed by atoms with E-state index in [1.165, 1.54) is 18.1 Å². The number of rotatable bonds is 2. The highest BCUT2D eigenvalue weighted by atomic mass is 19.1. The van der Waals surface area contributed by atoms with Crippen LogP contribution in [0.2, 0.25) is 0 Å². The molecule has 2 nitrogen and oxygen atoms in total. The van der Waals surface area contributed by atoms with E-state index in [9.17, 15) is 9.18 Å². The Labute approximate surface area is 124 Å². The number of hydrogen-bond acceptors (Lipinski definition) is 1. The van der Waals surface area contributed by atoms with Gasteiger partial charge in [0.1, 0.15) is 5.82 Å². The highest BCUT2D eigenvalue weighted by molar-refractivity contribution is 6.05. The average molecular weight is 283 g/mol. The zero-order valence-corrected chi connectivity index (χ0v) is 12.1. The van der Waals surface area contributed by atoms with E-state index in [0.29, 0.717) is 16.8 Å². The largest absolute Gasteiger partial charge is 0.322 e. The molecule has 3 rings (SSSR count). The monoisotopic (exact) mass is 283 g/mol. The number of aryl methyl sites for hydroxylation is 2. The third-order valence-electron chi connectivity index (χ3n) is 4.07. The van der Waals surface area contributed by atoms with Crippen molar-refractivity contribution < 1.29 is 9.18 Å². The molecule has 1 amide bonds. The molecule has 0 bridgehead atoms. The number of benzene rings is 2. The maximum Gasteiger partial charge on any atom is 0.255 e. The van der Waals surface area contributed by atoms with E-state index >= 15 is 0 Å². The molecule has 0 atom stereocenters. The molecule has 0 fully saturated rings. The molecule has 0 saturated heterocycles. The van der Waals surface area contributed by atoms with Gasteiger partial charge in [0, 0.05) is 11.3 Å². The Morgan fingerprint density at radius 3 is 2.76 bits per heavy atom. The molecule has 108 valence electrons. The first-order valence-electron chi connectivity index (χ1n) is 7.33. The van der Waals surface area contributed by atoms with Crippen LogP contribution in [0.3, 0.4) is 0 Å². The number of anilines is 1. The van der Waals surface area contributed by atoms with Crippen molar-refractivity contribution in [3.63, 3.8) is 0 Å². The normalized spacial score (nSPS) is 13.6. The van der Waals surface area contributed by atoms with Crippen LogP contribution >= 0.6 is 0 Å². The van der Waals surface area contributed by atoms with Crippen molar-refractivity contribution in [1.29, 1.82) is 0 Å². The molecule has 0 aliphatic heterocycles. The lowest BCUT2D eigenvalue weighted by atomic mass is 9.88. The smallest absolute Gasteiger partial charge is 0.255 e. The highest BCUT2D eigenvalue weighted by Gasteiger charge is 2.17. The number of amides is 1. The van der Waals surface area contributed by atoms with Crippen LogP contribution in [0, 0.1) is 12.7 Å². The zero-order chi connectivity index (χ0) is 14.8. The first-order chi connectivity index (χ1) is 10.1. The summed E-state index contributed by atoms with van der Waals surface area (Å²) >= 11 is 0. The van der Waals surface area contributed by atoms with Gasteiger partial charge in [-0.05, 0) is 67.5 Å². The van der Waals surface area contributed by atoms with Crippen LogP contribution in [0.4, 0.5) is 10.1 Å². The summed E-state index contributed by atoms with van der Waals surface area (Å²) < 4.78 is 13.6. The molecule has 21 heavy (non-hydrogen) atoms. The predicted octanol–water partition coefficient (Wildman–Crippen LogP) is 4.27. The second-order valence-corrected chi connectivity index (χ2v) is 5.57. The molecule has 1 aliphatic carbocycles. The van der Waals surface area contributed by atoms with Crippen molar-refractivity contribution >= 4 is 11.6 Å². The van der Waals surface area contributed by atoms with Gasteiger partial charge in [-0.1, -0.05) is 18.2 Å². The summed E-state index contributed by atoms with van der Waals surface area (Å²) in [5, 5.41) is 2.80. The summed E-state index contributed by atoms with van der Waals surface area (Å²) in [7, 11) is 0. The second kappa shape index (κ2) is 5.68. The number of hydrogen-bond donors (Lipinski definition) is 1. The molecule has 1 N–H and O–H groups in total. The van der Waals surface area contributed by atoms with Gasteiger partial charge in [0.2, 0.25) is 0 Å². The van der Waals surface area contributed by atoms with Gasteiger partial charge in [-0.25, -0.2) is 4.39 Å². The predicted molar refractivity (Wildman–Crippen MR) is 82.2 cm³/mol. The van der Waals surface area contributed by atoms with E-state index in [1.807, 2.05) is 12.1 Å². The SMILES string of the molecule is Cc1ccc(NC(=O)c2cccc3c2CCCC3)cc1F. The van der Waals surface area contributed by atoms with Crippen molar-refractivity contribution in [3.05, 3.63) is 64.5 Å². The summed E-state index contributed by atoms with van der Waals surface area (Å²) in [6, 6.07) is 10.6. The fourth-order valence-electron chi connectivity index (χ4n) is 2.86. The molecule has 1 aliphatic rings. The highest BCUT2D eigenvalue weighted by Crippen LogP contribution is 2.25. The molecule has 0 unspecified atom stereocenters. The maximum atomic E-state index is 13.6. The minimum atomic E-state index is -0.303. The summed E-state index contributed by atoms with van der Waals surface area (Å²) in [6.07, 6.45) is 4.29. The van der Waals surface area contributed by atoms with Gasteiger partial charge in [-0.3, -0.25) is 4.79 Å². The Balaban J connectivity index is 1.87. The topological polar surface area (TPSA) is 29.1 Å². The molecule has 3 heteroatoms. The van der Waals surface area contributed by atoms with Crippen molar-refractivity contribution in [2.45, 2.75) is 32.6 Å². The number of fused-ring (bicyclic) bond motifs is 1. The van der Waals surface area contributed by atoms with Gasteiger partial charge in [-0.2, -0.15) is 0 Å². The molecule has 0 aromatic heterocycles. The van der Waals surface area contributed by atoms with E-state index in [4.69, 9.17) is 0 Å². The van der Waals surface area contributed by atoms with Gasteiger partial charge in [0.05, 0.1) is 0 Å². The van der Waals surface area contributed by atoms with E-state index in [1.54, 1.807) is 19.1 Å². The summed E-state index contributed by atoms with van der Waals surface area (Å²) in [4.78, 5) is 12.4. The first kappa shape index (κ1) is 13.8. The van der Waals surface area contributed by atoms with Crippen LogP contribution in [0.5, 0.6) is 0 Å². The van der Waals surface area contributed by atoms with Crippen LogP contribution < -0.4 is 5.32 Å². The fraction of sp³-hybridized carbons (Fsp3) is 0.278. The Kier molecular flexibility index (Phi) is 3.74. The number of carbonyl (C=O) groups excluding carboxylic acids is 1. The molecule has 0 radical (unpaired) electrons.